The van der Waals surface area contributed by atoms with E-state index in [9.17, 15) is 0 Å². The molecule has 5 nitrogen and oxygen atoms in total. The molecule has 108 valence electrons. The van der Waals surface area contributed by atoms with Crippen molar-refractivity contribution in [1.29, 1.82) is 0 Å². The second-order valence-corrected chi connectivity index (χ2v) is 6.13. The van der Waals surface area contributed by atoms with Crippen LogP contribution < -0.4 is 16.0 Å². The van der Waals surface area contributed by atoms with E-state index in [1.807, 2.05) is 41.9 Å². The Morgan fingerprint density at radius 3 is 2.11 bits per heavy atom. The lowest BCUT2D eigenvalue weighted by atomic mass is 9.83. The van der Waals surface area contributed by atoms with Crippen LogP contribution in [0.15, 0.2) is 0 Å². The summed E-state index contributed by atoms with van der Waals surface area (Å²) in [4.78, 5) is 11.1. The van der Waals surface area contributed by atoms with Crippen molar-refractivity contribution in [3.05, 3.63) is 0 Å². The molecule has 1 rings (SSSR count). The largest absolute Gasteiger partial charge is 0.317 e. The maximum Gasteiger partial charge on any atom is 0.0975 e. The topological polar surface area (TPSA) is 54.5 Å². The third-order valence-corrected chi connectivity index (χ3v) is 3.52. The second-order valence-electron chi connectivity index (χ2n) is 6.13. The molecule has 1 saturated carbocycles. The summed E-state index contributed by atoms with van der Waals surface area (Å²) in [6.45, 7) is 5.98. The van der Waals surface area contributed by atoms with E-state index in [0.29, 0.717) is 6.04 Å². The SMILES string of the molecule is CNC1CC(OOC(C)(C)C)CC(NC)(NC)C1. The number of nitrogens with one attached hydrogen (secondary N) is 3. The van der Waals surface area contributed by atoms with Gasteiger partial charge in [-0.3, -0.25) is 0 Å². The molecule has 0 radical (unpaired) electrons. The molecule has 2 atom stereocenters. The van der Waals surface area contributed by atoms with Gasteiger partial charge in [-0.05, 0) is 54.8 Å². The number of hydrogen-bond donors (Lipinski definition) is 3. The minimum absolute atomic E-state index is 0.0855. The molecular formula is C13H29N3O2. The Hall–Kier alpha value is -0.200. The lowest BCUT2D eigenvalue weighted by Crippen LogP contribution is -2.62. The summed E-state index contributed by atoms with van der Waals surface area (Å²) >= 11 is 0. The van der Waals surface area contributed by atoms with E-state index >= 15 is 0 Å². The first kappa shape index (κ1) is 15.9. The highest BCUT2D eigenvalue weighted by Crippen LogP contribution is 2.29. The third kappa shape index (κ3) is 4.48. The molecule has 0 aliphatic heterocycles. The van der Waals surface area contributed by atoms with Crippen LogP contribution in [0.1, 0.15) is 40.0 Å². The van der Waals surface area contributed by atoms with Crippen LogP contribution in [0.2, 0.25) is 0 Å². The van der Waals surface area contributed by atoms with Crippen LogP contribution in [-0.4, -0.2) is 44.6 Å². The molecule has 1 aliphatic rings. The highest BCUT2D eigenvalue weighted by Gasteiger charge is 2.39. The monoisotopic (exact) mass is 259 g/mol. The summed E-state index contributed by atoms with van der Waals surface area (Å²) in [6.07, 6.45) is 2.99. The van der Waals surface area contributed by atoms with Crippen molar-refractivity contribution < 1.29 is 9.78 Å². The fourth-order valence-electron chi connectivity index (χ4n) is 2.42. The van der Waals surface area contributed by atoms with E-state index in [1.165, 1.54) is 0 Å². The maximum atomic E-state index is 5.62. The number of rotatable bonds is 5. The fourth-order valence-corrected chi connectivity index (χ4v) is 2.42. The molecule has 0 heterocycles. The maximum absolute atomic E-state index is 5.62. The third-order valence-electron chi connectivity index (χ3n) is 3.52. The van der Waals surface area contributed by atoms with Gasteiger partial charge in [0.2, 0.25) is 0 Å². The zero-order valence-electron chi connectivity index (χ0n) is 12.6. The Bertz CT molecular complexity index is 249. The van der Waals surface area contributed by atoms with Crippen LogP contribution in [0.4, 0.5) is 0 Å². The predicted octanol–water partition coefficient (Wildman–Crippen LogP) is 1.01. The standard InChI is InChI=1S/C13H29N3O2/c1-12(2,3)18-17-11-7-10(14-4)8-13(9-11,15-5)16-6/h10-11,14-16H,7-9H2,1-6H3. The molecule has 0 aromatic heterocycles. The second kappa shape index (κ2) is 6.30. The molecule has 18 heavy (non-hydrogen) atoms. The Balaban J connectivity index is 2.62. The van der Waals surface area contributed by atoms with Crippen molar-refractivity contribution in [2.75, 3.05) is 21.1 Å². The molecule has 2 unspecified atom stereocenters. The van der Waals surface area contributed by atoms with Crippen molar-refractivity contribution in [2.45, 2.75) is 63.4 Å². The highest BCUT2D eigenvalue weighted by atomic mass is 17.2. The Morgan fingerprint density at radius 2 is 1.67 bits per heavy atom. The summed E-state index contributed by atoms with van der Waals surface area (Å²) in [5, 5.41) is 10.1. The molecule has 0 spiro atoms. The molecule has 3 N–H and O–H groups in total. The van der Waals surface area contributed by atoms with E-state index in [1.54, 1.807) is 0 Å². The first-order valence-electron chi connectivity index (χ1n) is 6.74. The lowest BCUT2D eigenvalue weighted by Gasteiger charge is -2.44. The summed E-state index contributed by atoms with van der Waals surface area (Å²) in [6, 6.07) is 0.423. The van der Waals surface area contributed by atoms with Crippen molar-refractivity contribution in [1.82, 2.24) is 16.0 Å². The van der Waals surface area contributed by atoms with Gasteiger partial charge >= 0.3 is 0 Å². The zero-order chi connectivity index (χ0) is 13.8. The zero-order valence-corrected chi connectivity index (χ0v) is 12.6. The van der Waals surface area contributed by atoms with Crippen LogP contribution in [0, 0.1) is 0 Å². The van der Waals surface area contributed by atoms with Gasteiger partial charge in [-0.15, -0.1) is 0 Å². The van der Waals surface area contributed by atoms with Gasteiger partial charge in [-0.25, -0.2) is 9.78 Å². The summed E-state index contributed by atoms with van der Waals surface area (Å²) in [5.41, 5.74) is -0.355. The quantitative estimate of drug-likeness (QED) is 0.391. The van der Waals surface area contributed by atoms with Gasteiger partial charge in [0.05, 0.1) is 17.4 Å². The summed E-state index contributed by atoms with van der Waals surface area (Å²) in [5.74, 6) is 0. The molecular weight excluding hydrogens is 230 g/mol. The van der Waals surface area contributed by atoms with Gasteiger partial charge in [0, 0.05) is 12.5 Å². The Labute approximate surface area is 111 Å². The van der Waals surface area contributed by atoms with Crippen LogP contribution in [0.5, 0.6) is 0 Å². The van der Waals surface area contributed by atoms with Crippen molar-refractivity contribution in [3.63, 3.8) is 0 Å². The fraction of sp³-hybridized carbons (Fsp3) is 1.00. The molecule has 1 fully saturated rings. The molecule has 0 aromatic carbocycles. The van der Waals surface area contributed by atoms with Gasteiger partial charge in [0.15, 0.2) is 0 Å². The van der Waals surface area contributed by atoms with E-state index in [2.05, 4.69) is 16.0 Å². The molecule has 0 bridgehead atoms. The molecule has 0 aromatic rings. The van der Waals surface area contributed by atoms with Crippen LogP contribution in [0.3, 0.4) is 0 Å². The Kier molecular flexibility index (Phi) is 5.55. The van der Waals surface area contributed by atoms with Gasteiger partial charge in [0.25, 0.3) is 0 Å². The van der Waals surface area contributed by atoms with E-state index < -0.39 is 0 Å². The predicted molar refractivity (Wildman–Crippen MR) is 73.3 cm³/mol. The highest BCUT2D eigenvalue weighted by molar-refractivity contribution is 4.95. The van der Waals surface area contributed by atoms with E-state index in [4.69, 9.17) is 9.78 Å². The molecule has 0 saturated heterocycles. The molecule has 1 aliphatic carbocycles. The van der Waals surface area contributed by atoms with Crippen molar-refractivity contribution >= 4 is 0 Å². The minimum atomic E-state index is -0.269. The van der Waals surface area contributed by atoms with Crippen molar-refractivity contribution in [3.8, 4) is 0 Å². The van der Waals surface area contributed by atoms with Crippen LogP contribution >= 0.6 is 0 Å². The van der Waals surface area contributed by atoms with E-state index in [-0.39, 0.29) is 17.4 Å². The number of hydrogen-bond acceptors (Lipinski definition) is 5. The first-order chi connectivity index (χ1) is 8.34. The van der Waals surface area contributed by atoms with E-state index in [0.717, 1.165) is 19.3 Å². The first-order valence-corrected chi connectivity index (χ1v) is 6.74. The van der Waals surface area contributed by atoms with Crippen molar-refractivity contribution in [2.24, 2.45) is 0 Å². The van der Waals surface area contributed by atoms with Crippen LogP contribution in [0.25, 0.3) is 0 Å². The Morgan fingerprint density at radius 1 is 1.06 bits per heavy atom. The molecule has 0 amide bonds. The summed E-state index contributed by atoms with van der Waals surface area (Å²) < 4.78 is 0. The van der Waals surface area contributed by atoms with Gasteiger partial charge in [-0.1, -0.05) is 0 Å². The minimum Gasteiger partial charge on any atom is -0.317 e. The lowest BCUT2D eigenvalue weighted by molar-refractivity contribution is -0.379. The van der Waals surface area contributed by atoms with Gasteiger partial charge < -0.3 is 16.0 Å². The average molecular weight is 259 g/mol. The summed E-state index contributed by atoms with van der Waals surface area (Å²) in [7, 11) is 5.96. The van der Waals surface area contributed by atoms with Gasteiger partial charge in [-0.2, -0.15) is 0 Å². The van der Waals surface area contributed by atoms with Gasteiger partial charge in [0.1, 0.15) is 0 Å². The normalized spacial score (nSPS) is 28.3. The average Bonchev–Trinajstić information content (AvgIpc) is 2.35. The van der Waals surface area contributed by atoms with Crippen LogP contribution in [-0.2, 0) is 9.78 Å². The smallest absolute Gasteiger partial charge is 0.0975 e. The molecule has 5 heteroatoms.